The molecule has 2 heterocycles. The topological polar surface area (TPSA) is 179 Å². The molecule has 11 heteroatoms. The minimum Gasteiger partial charge on any atom is -0.507 e. The van der Waals surface area contributed by atoms with E-state index in [0.717, 1.165) is 0 Å². The molecule has 0 unspecified atom stereocenters. The van der Waals surface area contributed by atoms with Crippen LogP contribution < -0.4 is 14.2 Å². The molecule has 0 aliphatic carbocycles. The van der Waals surface area contributed by atoms with Crippen LogP contribution in [0.4, 0.5) is 0 Å². The summed E-state index contributed by atoms with van der Waals surface area (Å²) in [6.07, 6.45) is -9.15. The molecule has 33 heavy (non-hydrogen) atoms. The Balaban J connectivity index is 1.59. The molecule has 2 aromatic carbocycles. The zero-order valence-electron chi connectivity index (χ0n) is 17.6. The zero-order chi connectivity index (χ0) is 23.9. The molecule has 2 aliphatic heterocycles. The Morgan fingerprint density at radius 1 is 0.970 bits per heavy atom. The third kappa shape index (κ3) is 4.38. The van der Waals surface area contributed by atoms with Gasteiger partial charge in [-0.15, -0.1) is 0 Å². The number of aliphatic hydroxyl groups excluding tert-OH is 5. The highest BCUT2D eigenvalue weighted by Gasteiger charge is 2.45. The number of hydrogen-bond acceptors (Lipinski definition) is 11. The van der Waals surface area contributed by atoms with E-state index < -0.39 is 49.5 Å². The third-order valence-corrected chi connectivity index (χ3v) is 5.81. The molecule has 0 amide bonds. The van der Waals surface area contributed by atoms with Crippen LogP contribution in [0.3, 0.4) is 0 Å². The molecular weight excluding hydrogens is 440 g/mol. The number of rotatable bonds is 5. The summed E-state index contributed by atoms with van der Waals surface area (Å²) in [7, 11) is 1.40. The first-order valence-electron chi connectivity index (χ1n) is 10.3. The molecule has 0 aromatic heterocycles. The molecule has 0 spiro atoms. The van der Waals surface area contributed by atoms with Crippen LogP contribution in [0.25, 0.3) is 0 Å². The highest BCUT2D eigenvalue weighted by atomic mass is 16.7. The molecule has 1 fully saturated rings. The molecule has 0 radical (unpaired) electrons. The summed E-state index contributed by atoms with van der Waals surface area (Å²) in [5.74, 6) is 0.135. The maximum atomic E-state index is 10.6. The zero-order valence-corrected chi connectivity index (χ0v) is 17.6. The lowest BCUT2D eigenvalue weighted by Gasteiger charge is -2.39. The van der Waals surface area contributed by atoms with Crippen LogP contribution in [0.5, 0.6) is 28.7 Å². The molecule has 0 saturated carbocycles. The van der Waals surface area contributed by atoms with Gasteiger partial charge >= 0.3 is 0 Å². The molecule has 2 aromatic rings. The van der Waals surface area contributed by atoms with E-state index in [4.69, 9.17) is 18.9 Å². The number of phenolic OH excluding ortho intramolecular Hbond substituents is 2. The van der Waals surface area contributed by atoms with Crippen molar-refractivity contribution in [3.05, 3.63) is 41.5 Å². The van der Waals surface area contributed by atoms with Crippen molar-refractivity contribution in [2.24, 2.45) is 0 Å². The van der Waals surface area contributed by atoms with E-state index in [2.05, 4.69) is 0 Å². The Labute approximate surface area is 188 Å². The lowest BCUT2D eigenvalue weighted by atomic mass is 9.94. The van der Waals surface area contributed by atoms with Gasteiger partial charge in [-0.2, -0.15) is 0 Å². The molecule has 1 saturated heterocycles. The van der Waals surface area contributed by atoms with E-state index in [0.29, 0.717) is 11.1 Å². The summed E-state index contributed by atoms with van der Waals surface area (Å²) in [5.41, 5.74) is 0.869. The normalized spacial score (nSPS) is 31.4. The molecular formula is C22H26O11. The number of ether oxygens (including phenoxy) is 4. The molecule has 2 aliphatic rings. The standard InChI is InChI=1S/C22H26O11/c1-30-16-4-9(2-3-12(16)24)21-14(26)7-11-13(25)5-10(6-15(11)32-21)31-22-20(29)19(28)18(27)17(8-23)33-22/h2-6,14,17-29H,7-8H2,1H3/t14-,17+,18+,19-,20+,21+,22+/m0/s1. The molecule has 180 valence electrons. The van der Waals surface area contributed by atoms with E-state index in [1.165, 1.54) is 31.4 Å². The van der Waals surface area contributed by atoms with E-state index >= 15 is 0 Å². The largest absolute Gasteiger partial charge is 0.507 e. The second-order valence-corrected chi connectivity index (χ2v) is 7.98. The molecule has 7 atom stereocenters. The van der Waals surface area contributed by atoms with Crippen molar-refractivity contribution >= 4 is 0 Å². The number of phenols is 2. The molecule has 7 N–H and O–H groups in total. The van der Waals surface area contributed by atoms with Crippen molar-refractivity contribution in [1.29, 1.82) is 0 Å². The smallest absolute Gasteiger partial charge is 0.229 e. The van der Waals surface area contributed by atoms with Gasteiger partial charge in [0.25, 0.3) is 0 Å². The van der Waals surface area contributed by atoms with Gasteiger partial charge in [0.2, 0.25) is 6.29 Å². The van der Waals surface area contributed by atoms with Crippen LogP contribution in [-0.2, 0) is 11.2 Å². The van der Waals surface area contributed by atoms with Gasteiger partial charge in [-0.3, -0.25) is 0 Å². The quantitative estimate of drug-likeness (QED) is 0.297. The van der Waals surface area contributed by atoms with Crippen LogP contribution in [0.1, 0.15) is 17.2 Å². The second-order valence-electron chi connectivity index (χ2n) is 7.98. The van der Waals surface area contributed by atoms with E-state index in [1.54, 1.807) is 6.07 Å². The number of aromatic hydroxyl groups is 2. The van der Waals surface area contributed by atoms with Gasteiger partial charge in [0.15, 0.2) is 11.5 Å². The number of benzene rings is 2. The average molecular weight is 466 g/mol. The number of hydrogen-bond donors (Lipinski definition) is 7. The summed E-state index contributed by atoms with van der Waals surface area (Å²) >= 11 is 0. The average Bonchev–Trinajstić information content (AvgIpc) is 2.80. The Morgan fingerprint density at radius 3 is 2.42 bits per heavy atom. The van der Waals surface area contributed by atoms with Crippen molar-refractivity contribution in [3.63, 3.8) is 0 Å². The Morgan fingerprint density at radius 2 is 1.73 bits per heavy atom. The predicted molar refractivity (Wildman–Crippen MR) is 110 cm³/mol. The maximum absolute atomic E-state index is 10.6. The third-order valence-electron chi connectivity index (χ3n) is 5.81. The molecule has 11 nitrogen and oxygen atoms in total. The van der Waals surface area contributed by atoms with Crippen LogP contribution in [-0.4, -0.2) is 86.3 Å². The Kier molecular flexibility index (Phi) is 6.52. The molecule has 0 bridgehead atoms. The predicted octanol–water partition coefficient (Wildman–Crippen LogP) is -0.678. The highest BCUT2D eigenvalue weighted by molar-refractivity contribution is 5.52. The van der Waals surface area contributed by atoms with Crippen molar-refractivity contribution in [1.82, 2.24) is 0 Å². The Bertz CT molecular complexity index is 995. The van der Waals surface area contributed by atoms with Crippen molar-refractivity contribution < 1.29 is 54.7 Å². The minimum atomic E-state index is -1.62. The second kappa shape index (κ2) is 9.21. The fourth-order valence-electron chi connectivity index (χ4n) is 3.98. The first-order chi connectivity index (χ1) is 15.7. The summed E-state index contributed by atoms with van der Waals surface area (Å²) in [6.45, 7) is -0.612. The van der Waals surface area contributed by atoms with E-state index in [-0.39, 0.29) is 35.2 Å². The number of fused-ring (bicyclic) bond motifs is 1. The minimum absolute atomic E-state index is 0.0222. The monoisotopic (exact) mass is 466 g/mol. The SMILES string of the molecule is COc1cc([C@H]2Oc3cc(O[C@@H]4O[C@H](CO)[C@@H](O)[C@H](O)[C@H]4O)cc(O)c3C[C@@H]2O)ccc1O. The summed E-state index contributed by atoms with van der Waals surface area (Å²) < 4.78 is 21.9. The van der Waals surface area contributed by atoms with Crippen molar-refractivity contribution in [2.75, 3.05) is 13.7 Å². The summed E-state index contributed by atoms with van der Waals surface area (Å²) in [4.78, 5) is 0. The van der Waals surface area contributed by atoms with Crippen LogP contribution in [0.15, 0.2) is 30.3 Å². The van der Waals surface area contributed by atoms with Gasteiger partial charge in [-0.25, -0.2) is 0 Å². The highest BCUT2D eigenvalue weighted by Crippen LogP contribution is 2.43. The number of aliphatic hydroxyl groups is 5. The lowest BCUT2D eigenvalue weighted by Crippen LogP contribution is -2.60. The van der Waals surface area contributed by atoms with Gasteiger partial charge in [-0.1, -0.05) is 6.07 Å². The van der Waals surface area contributed by atoms with Gasteiger partial charge in [0, 0.05) is 24.1 Å². The Hall–Kier alpha value is -2.80. The van der Waals surface area contributed by atoms with E-state index in [9.17, 15) is 35.7 Å². The first kappa shape index (κ1) is 23.4. The van der Waals surface area contributed by atoms with Gasteiger partial charge in [-0.05, 0) is 17.7 Å². The lowest BCUT2D eigenvalue weighted by molar-refractivity contribution is -0.277. The van der Waals surface area contributed by atoms with Gasteiger partial charge in [0.1, 0.15) is 47.8 Å². The number of methoxy groups -OCH3 is 1. The fraction of sp³-hybridized carbons (Fsp3) is 0.455. The van der Waals surface area contributed by atoms with E-state index in [1.807, 2.05) is 0 Å². The summed E-state index contributed by atoms with van der Waals surface area (Å²) in [6, 6.07) is 7.18. The van der Waals surface area contributed by atoms with Crippen LogP contribution >= 0.6 is 0 Å². The van der Waals surface area contributed by atoms with Gasteiger partial charge < -0.3 is 54.7 Å². The fourth-order valence-corrected chi connectivity index (χ4v) is 3.98. The summed E-state index contributed by atoms with van der Waals surface area (Å²) in [5, 5.41) is 70.2. The van der Waals surface area contributed by atoms with Crippen LogP contribution in [0.2, 0.25) is 0 Å². The maximum Gasteiger partial charge on any atom is 0.229 e. The van der Waals surface area contributed by atoms with Crippen molar-refractivity contribution in [2.45, 2.75) is 49.3 Å². The van der Waals surface area contributed by atoms with Crippen molar-refractivity contribution in [3.8, 4) is 28.7 Å². The van der Waals surface area contributed by atoms with Crippen LogP contribution in [0, 0.1) is 0 Å². The first-order valence-corrected chi connectivity index (χ1v) is 10.3. The molecule has 4 rings (SSSR count). The van der Waals surface area contributed by atoms with Gasteiger partial charge in [0.05, 0.1) is 19.8 Å².